The lowest BCUT2D eigenvalue weighted by Gasteiger charge is -2.31. The van der Waals surface area contributed by atoms with E-state index in [9.17, 15) is 0 Å². The van der Waals surface area contributed by atoms with Gasteiger partial charge in [0.25, 0.3) is 0 Å². The Morgan fingerprint density at radius 2 is 2.07 bits per heavy atom. The molecule has 0 radical (unpaired) electrons. The Balaban J connectivity index is 2.40. The van der Waals surface area contributed by atoms with Crippen molar-refractivity contribution >= 4 is 0 Å². The third-order valence-electron chi connectivity index (χ3n) is 3.60. The van der Waals surface area contributed by atoms with Crippen LogP contribution in [0.5, 0.6) is 0 Å². The molecule has 1 saturated heterocycles. The van der Waals surface area contributed by atoms with Gasteiger partial charge in [-0.05, 0) is 32.2 Å². The summed E-state index contributed by atoms with van der Waals surface area (Å²) in [4.78, 5) is 2.65. The molecule has 15 heavy (non-hydrogen) atoms. The number of hydrogen-bond acceptors (Lipinski definition) is 2. The molecule has 2 atom stereocenters. The van der Waals surface area contributed by atoms with Crippen molar-refractivity contribution in [1.82, 2.24) is 4.90 Å². The van der Waals surface area contributed by atoms with Gasteiger partial charge in [-0.1, -0.05) is 33.1 Å². The molecule has 0 aliphatic carbocycles. The first-order valence-corrected chi connectivity index (χ1v) is 6.77. The standard InChI is InChI=1S/C13H28N2/c1-3-8-12(14)11-15-10-7-5-6-9-13(15)4-2/h12-13H,3-11,14H2,1-2H3. The van der Waals surface area contributed by atoms with E-state index in [0.29, 0.717) is 6.04 Å². The molecule has 90 valence electrons. The second-order valence-corrected chi connectivity index (χ2v) is 4.96. The Labute approximate surface area is 95.2 Å². The predicted octanol–water partition coefficient (Wildman–Crippen LogP) is 2.77. The van der Waals surface area contributed by atoms with Crippen molar-refractivity contribution in [2.45, 2.75) is 70.9 Å². The lowest BCUT2D eigenvalue weighted by Crippen LogP contribution is -2.43. The highest BCUT2D eigenvalue weighted by molar-refractivity contribution is 4.77. The highest BCUT2D eigenvalue weighted by Crippen LogP contribution is 2.19. The van der Waals surface area contributed by atoms with Gasteiger partial charge in [0.05, 0.1) is 0 Å². The van der Waals surface area contributed by atoms with Gasteiger partial charge in [0.15, 0.2) is 0 Å². The molecule has 1 aliphatic rings. The van der Waals surface area contributed by atoms with Crippen molar-refractivity contribution in [3.8, 4) is 0 Å². The summed E-state index contributed by atoms with van der Waals surface area (Å²) >= 11 is 0. The fourth-order valence-corrected chi connectivity index (χ4v) is 2.70. The minimum Gasteiger partial charge on any atom is -0.327 e. The van der Waals surface area contributed by atoms with Gasteiger partial charge in [-0.2, -0.15) is 0 Å². The molecule has 2 unspecified atom stereocenters. The van der Waals surface area contributed by atoms with Gasteiger partial charge in [-0.15, -0.1) is 0 Å². The maximum Gasteiger partial charge on any atom is 0.0167 e. The molecule has 0 amide bonds. The normalized spacial score (nSPS) is 26.2. The van der Waals surface area contributed by atoms with Gasteiger partial charge >= 0.3 is 0 Å². The number of likely N-dealkylation sites (tertiary alicyclic amines) is 1. The Bertz CT molecular complexity index is 159. The van der Waals surface area contributed by atoms with Crippen LogP contribution in [0.3, 0.4) is 0 Å². The maximum atomic E-state index is 6.14. The lowest BCUT2D eigenvalue weighted by molar-refractivity contribution is 0.180. The SMILES string of the molecule is CCCC(N)CN1CCCCCC1CC. The predicted molar refractivity (Wildman–Crippen MR) is 67.0 cm³/mol. The molecule has 0 aromatic heterocycles. The molecule has 0 aromatic rings. The average molecular weight is 212 g/mol. The molecule has 0 spiro atoms. The van der Waals surface area contributed by atoms with Gasteiger partial charge in [-0.3, -0.25) is 4.90 Å². The molecule has 2 N–H and O–H groups in total. The third-order valence-corrected chi connectivity index (χ3v) is 3.60. The van der Waals surface area contributed by atoms with Crippen molar-refractivity contribution in [2.75, 3.05) is 13.1 Å². The summed E-state index contributed by atoms with van der Waals surface area (Å²) in [6, 6.07) is 1.19. The van der Waals surface area contributed by atoms with Crippen molar-refractivity contribution in [3.63, 3.8) is 0 Å². The number of nitrogens with zero attached hydrogens (tertiary/aromatic N) is 1. The van der Waals surface area contributed by atoms with Gasteiger partial charge in [0.1, 0.15) is 0 Å². The van der Waals surface area contributed by atoms with Crippen LogP contribution in [0.2, 0.25) is 0 Å². The van der Waals surface area contributed by atoms with Crippen LogP contribution in [0.15, 0.2) is 0 Å². The van der Waals surface area contributed by atoms with Crippen LogP contribution >= 0.6 is 0 Å². The van der Waals surface area contributed by atoms with Crippen molar-refractivity contribution in [1.29, 1.82) is 0 Å². The summed E-state index contributed by atoms with van der Waals surface area (Å²) in [5.74, 6) is 0. The zero-order valence-corrected chi connectivity index (χ0v) is 10.5. The number of hydrogen-bond donors (Lipinski definition) is 1. The first-order chi connectivity index (χ1) is 7.27. The van der Waals surface area contributed by atoms with Crippen molar-refractivity contribution in [3.05, 3.63) is 0 Å². The summed E-state index contributed by atoms with van der Waals surface area (Å²) in [6.07, 6.45) is 9.26. The Kier molecular flexibility index (Phi) is 6.26. The molecular formula is C13H28N2. The lowest BCUT2D eigenvalue weighted by atomic mass is 10.1. The van der Waals surface area contributed by atoms with Crippen molar-refractivity contribution < 1.29 is 0 Å². The molecule has 0 saturated carbocycles. The van der Waals surface area contributed by atoms with E-state index in [0.717, 1.165) is 12.6 Å². The second kappa shape index (κ2) is 7.24. The topological polar surface area (TPSA) is 29.3 Å². The number of rotatable bonds is 5. The van der Waals surface area contributed by atoms with Crippen LogP contribution in [0, 0.1) is 0 Å². The van der Waals surface area contributed by atoms with E-state index in [2.05, 4.69) is 18.7 Å². The van der Waals surface area contributed by atoms with Gasteiger partial charge in [0.2, 0.25) is 0 Å². The van der Waals surface area contributed by atoms with E-state index in [-0.39, 0.29) is 0 Å². The van der Waals surface area contributed by atoms with Crippen LogP contribution < -0.4 is 5.73 Å². The zero-order valence-electron chi connectivity index (χ0n) is 10.5. The van der Waals surface area contributed by atoms with E-state index in [1.165, 1.54) is 51.5 Å². The smallest absolute Gasteiger partial charge is 0.0167 e. The van der Waals surface area contributed by atoms with Crippen LogP contribution in [-0.4, -0.2) is 30.1 Å². The minimum absolute atomic E-state index is 0.391. The zero-order chi connectivity index (χ0) is 11.1. The third kappa shape index (κ3) is 4.52. The summed E-state index contributed by atoms with van der Waals surface area (Å²) < 4.78 is 0. The quantitative estimate of drug-likeness (QED) is 0.759. The summed E-state index contributed by atoms with van der Waals surface area (Å²) in [5.41, 5.74) is 6.14. The summed E-state index contributed by atoms with van der Waals surface area (Å²) in [7, 11) is 0. The highest BCUT2D eigenvalue weighted by atomic mass is 15.2. The molecule has 1 aliphatic heterocycles. The monoisotopic (exact) mass is 212 g/mol. The van der Waals surface area contributed by atoms with E-state index in [4.69, 9.17) is 5.73 Å². The number of nitrogens with two attached hydrogens (primary N) is 1. The van der Waals surface area contributed by atoms with Crippen LogP contribution in [0.1, 0.15) is 58.8 Å². The van der Waals surface area contributed by atoms with Crippen LogP contribution in [0.4, 0.5) is 0 Å². The first-order valence-electron chi connectivity index (χ1n) is 6.77. The van der Waals surface area contributed by atoms with Gasteiger partial charge < -0.3 is 5.73 Å². The highest BCUT2D eigenvalue weighted by Gasteiger charge is 2.20. The first kappa shape index (κ1) is 13.0. The average Bonchev–Trinajstić information content (AvgIpc) is 2.43. The molecule has 0 bridgehead atoms. The van der Waals surface area contributed by atoms with E-state index in [1.54, 1.807) is 0 Å². The minimum atomic E-state index is 0.391. The largest absolute Gasteiger partial charge is 0.327 e. The Hall–Kier alpha value is -0.0800. The molecule has 2 heteroatoms. The molecule has 0 aromatic carbocycles. The summed E-state index contributed by atoms with van der Waals surface area (Å²) in [6.45, 7) is 6.93. The second-order valence-electron chi connectivity index (χ2n) is 4.96. The van der Waals surface area contributed by atoms with Gasteiger partial charge in [-0.25, -0.2) is 0 Å². The van der Waals surface area contributed by atoms with E-state index in [1.807, 2.05) is 0 Å². The molecule has 1 fully saturated rings. The Morgan fingerprint density at radius 3 is 2.73 bits per heavy atom. The van der Waals surface area contributed by atoms with Crippen molar-refractivity contribution in [2.24, 2.45) is 5.73 Å². The maximum absolute atomic E-state index is 6.14. The van der Waals surface area contributed by atoms with E-state index < -0.39 is 0 Å². The van der Waals surface area contributed by atoms with Crippen LogP contribution in [0.25, 0.3) is 0 Å². The van der Waals surface area contributed by atoms with E-state index >= 15 is 0 Å². The van der Waals surface area contributed by atoms with Gasteiger partial charge in [0, 0.05) is 18.6 Å². The Morgan fingerprint density at radius 1 is 1.27 bits per heavy atom. The fraction of sp³-hybridized carbons (Fsp3) is 1.00. The fourth-order valence-electron chi connectivity index (χ4n) is 2.70. The molecule has 1 heterocycles. The molecule has 1 rings (SSSR count). The van der Waals surface area contributed by atoms with Crippen LogP contribution in [-0.2, 0) is 0 Å². The molecule has 2 nitrogen and oxygen atoms in total. The summed E-state index contributed by atoms with van der Waals surface area (Å²) in [5, 5.41) is 0. The molecular weight excluding hydrogens is 184 g/mol.